The first-order valence-electron chi connectivity index (χ1n) is 10.2. The number of carbonyl (C=O) groups excluding carboxylic acids is 2. The number of benzene rings is 1. The molecule has 0 bridgehead atoms. The maximum absolute atomic E-state index is 13.1. The number of allylic oxidation sites excluding steroid dienone is 1. The van der Waals surface area contributed by atoms with E-state index in [-0.39, 0.29) is 13.2 Å². The van der Waals surface area contributed by atoms with Gasteiger partial charge in [0.1, 0.15) is 6.54 Å². The monoisotopic (exact) mass is 451 g/mol. The van der Waals surface area contributed by atoms with E-state index in [0.29, 0.717) is 39.7 Å². The molecule has 0 fully saturated rings. The van der Waals surface area contributed by atoms with E-state index in [1.807, 2.05) is 6.07 Å². The molecule has 1 N–H and O–H groups in total. The first-order chi connectivity index (χ1) is 14.6. The third kappa shape index (κ3) is 6.32. The van der Waals surface area contributed by atoms with E-state index in [2.05, 4.69) is 26.5 Å². The second kappa shape index (κ2) is 10.8. The van der Waals surface area contributed by atoms with E-state index >= 15 is 0 Å². The zero-order chi connectivity index (χ0) is 23.2. The van der Waals surface area contributed by atoms with Crippen molar-refractivity contribution in [2.75, 3.05) is 54.6 Å². The van der Waals surface area contributed by atoms with Gasteiger partial charge in [-0.3, -0.25) is 0 Å². The van der Waals surface area contributed by atoms with Crippen molar-refractivity contribution in [2.24, 2.45) is 0 Å². The Hall–Kier alpha value is -2.35. The fraction of sp³-hybridized carbons (Fsp3) is 0.478. The summed E-state index contributed by atoms with van der Waals surface area (Å²) in [6.07, 6.45) is 0. The summed E-state index contributed by atoms with van der Waals surface area (Å²) >= 11 is 6.49. The van der Waals surface area contributed by atoms with Crippen LogP contribution < -0.4 is 5.32 Å². The average molecular weight is 452 g/mol. The minimum atomic E-state index is -0.738. The van der Waals surface area contributed by atoms with Crippen LogP contribution in [-0.2, 0) is 23.8 Å². The van der Waals surface area contributed by atoms with E-state index in [4.69, 9.17) is 25.8 Å². The molecule has 1 heterocycles. The number of nitrogens with one attached hydrogen (secondary N) is 1. The van der Waals surface area contributed by atoms with Gasteiger partial charge in [0.15, 0.2) is 0 Å². The van der Waals surface area contributed by atoms with Crippen LogP contribution in [0.25, 0.3) is 0 Å². The molecule has 1 aliphatic heterocycles. The van der Waals surface area contributed by atoms with Crippen molar-refractivity contribution >= 4 is 23.5 Å². The minimum absolute atomic E-state index is 0.168. The van der Waals surface area contributed by atoms with E-state index in [9.17, 15) is 9.59 Å². The molecule has 31 heavy (non-hydrogen) atoms. The highest BCUT2D eigenvalue weighted by Gasteiger charge is 2.39. The topological polar surface area (TPSA) is 73.9 Å². The summed E-state index contributed by atoms with van der Waals surface area (Å²) in [4.78, 5) is 25.8. The zero-order valence-electron chi connectivity index (χ0n) is 19.1. The van der Waals surface area contributed by atoms with Crippen LogP contribution in [0.15, 0.2) is 46.8 Å². The molecule has 0 amide bonds. The van der Waals surface area contributed by atoms with Crippen molar-refractivity contribution in [3.05, 3.63) is 57.4 Å². The number of quaternary nitrogens is 1. The van der Waals surface area contributed by atoms with Crippen molar-refractivity contribution in [3.63, 3.8) is 0 Å². The van der Waals surface area contributed by atoms with Crippen LogP contribution in [0.4, 0.5) is 0 Å². The lowest BCUT2D eigenvalue weighted by atomic mass is 9.80. The van der Waals surface area contributed by atoms with Gasteiger partial charge in [0.05, 0.1) is 70.8 Å². The molecule has 0 aliphatic carbocycles. The highest BCUT2D eigenvalue weighted by atomic mass is 35.5. The standard InChI is InChI=1S/C23H31ClN2O5/c1-7-31-23(28)21-18(14-30-13-12-26(3,4)5)25-15(2)19(22(27)29-6)20(21)16-10-8-9-11-17(16)24/h8-11,20H,7,12-14H2,1-6H3/p+1. The number of hydrogen-bond acceptors (Lipinski definition) is 6. The highest BCUT2D eigenvalue weighted by molar-refractivity contribution is 6.31. The van der Waals surface area contributed by atoms with Gasteiger partial charge in [-0.2, -0.15) is 0 Å². The molecule has 2 rings (SSSR count). The summed E-state index contributed by atoms with van der Waals surface area (Å²) in [5, 5.41) is 3.61. The molecule has 7 nitrogen and oxygen atoms in total. The summed E-state index contributed by atoms with van der Waals surface area (Å²) in [6, 6.07) is 7.13. The Kier molecular flexibility index (Phi) is 8.68. The highest BCUT2D eigenvalue weighted by Crippen LogP contribution is 2.41. The summed E-state index contributed by atoms with van der Waals surface area (Å²) in [7, 11) is 7.54. The number of hydrogen-bond donors (Lipinski definition) is 1. The number of likely N-dealkylation sites (N-methyl/N-ethyl adjacent to an activating group) is 1. The van der Waals surface area contributed by atoms with Crippen molar-refractivity contribution in [2.45, 2.75) is 19.8 Å². The molecule has 1 unspecified atom stereocenters. The maximum Gasteiger partial charge on any atom is 0.336 e. The number of esters is 2. The van der Waals surface area contributed by atoms with Crippen LogP contribution in [-0.4, -0.2) is 71.0 Å². The molecule has 1 aromatic carbocycles. The van der Waals surface area contributed by atoms with Gasteiger partial charge < -0.3 is 24.0 Å². The van der Waals surface area contributed by atoms with Gasteiger partial charge in [-0.1, -0.05) is 29.8 Å². The SMILES string of the molecule is CCOC(=O)C1=C(COCC[N+](C)(C)C)NC(C)=C(C(=O)OC)C1c1ccccc1Cl. The number of halogens is 1. The Labute approximate surface area is 189 Å². The van der Waals surface area contributed by atoms with Gasteiger partial charge in [0.25, 0.3) is 0 Å². The van der Waals surface area contributed by atoms with Crippen LogP contribution >= 0.6 is 11.6 Å². The number of carbonyl (C=O) groups is 2. The molecular formula is C23H32ClN2O5+. The van der Waals surface area contributed by atoms with E-state index < -0.39 is 17.9 Å². The Morgan fingerprint density at radius 2 is 1.81 bits per heavy atom. The molecule has 0 radical (unpaired) electrons. The quantitative estimate of drug-likeness (QED) is 0.353. The number of rotatable bonds is 9. The predicted molar refractivity (Wildman–Crippen MR) is 119 cm³/mol. The van der Waals surface area contributed by atoms with E-state index in [1.54, 1.807) is 32.0 Å². The third-order valence-electron chi connectivity index (χ3n) is 4.91. The lowest BCUT2D eigenvalue weighted by Gasteiger charge is -2.32. The summed E-state index contributed by atoms with van der Waals surface area (Å²) in [6.45, 7) is 5.18. The minimum Gasteiger partial charge on any atom is -0.466 e. The molecule has 0 spiro atoms. The summed E-state index contributed by atoms with van der Waals surface area (Å²) in [5.41, 5.74) is 2.36. The molecule has 0 saturated heterocycles. The molecule has 1 aliphatic rings. The summed E-state index contributed by atoms with van der Waals surface area (Å²) in [5.74, 6) is -1.81. The second-order valence-electron chi connectivity index (χ2n) is 8.29. The molecule has 1 atom stereocenters. The molecule has 1 aromatic rings. The van der Waals surface area contributed by atoms with Crippen LogP contribution in [0.2, 0.25) is 5.02 Å². The van der Waals surface area contributed by atoms with Gasteiger partial charge in [0, 0.05) is 10.7 Å². The largest absolute Gasteiger partial charge is 0.466 e. The maximum atomic E-state index is 13.1. The van der Waals surface area contributed by atoms with Crippen LogP contribution in [0.1, 0.15) is 25.3 Å². The van der Waals surface area contributed by atoms with Crippen molar-refractivity contribution in [3.8, 4) is 0 Å². The second-order valence-corrected chi connectivity index (χ2v) is 8.70. The molecule has 170 valence electrons. The Balaban J connectivity index is 2.55. The van der Waals surface area contributed by atoms with Crippen LogP contribution in [0, 0.1) is 0 Å². The van der Waals surface area contributed by atoms with E-state index in [1.165, 1.54) is 7.11 Å². The average Bonchev–Trinajstić information content (AvgIpc) is 2.70. The predicted octanol–water partition coefficient (Wildman–Crippen LogP) is 3.01. The Morgan fingerprint density at radius 1 is 1.13 bits per heavy atom. The van der Waals surface area contributed by atoms with Gasteiger partial charge in [-0.25, -0.2) is 9.59 Å². The van der Waals surface area contributed by atoms with Crippen LogP contribution in [0.5, 0.6) is 0 Å². The number of ether oxygens (including phenoxy) is 3. The number of nitrogens with zero attached hydrogens (tertiary/aromatic N) is 1. The van der Waals surface area contributed by atoms with Gasteiger partial charge in [-0.05, 0) is 25.5 Å². The van der Waals surface area contributed by atoms with E-state index in [0.717, 1.165) is 11.0 Å². The molecule has 0 saturated carbocycles. The summed E-state index contributed by atoms with van der Waals surface area (Å²) < 4.78 is 17.0. The molecule has 8 heteroatoms. The smallest absolute Gasteiger partial charge is 0.336 e. The van der Waals surface area contributed by atoms with Crippen LogP contribution in [0.3, 0.4) is 0 Å². The first-order valence-corrected chi connectivity index (χ1v) is 10.6. The fourth-order valence-electron chi connectivity index (χ4n) is 3.37. The van der Waals surface area contributed by atoms with Gasteiger partial charge in [-0.15, -0.1) is 0 Å². The van der Waals surface area contributed by atoms with Crippen molar-refractivity contribution in [1.82, 2.24) is 5.32 Å². The number of dihydropyridines is 1. The van der Waals surface area contributed by atoms with Crippen molar-refractivity contribution < 1.29 is 28.3 Å². The molecule has 0 aromatic heterocycles. The Bertz CT molecular complexity index is 886. The van der Waals surface area contributed by atoms with Crippen molar-refractivity contribution in [1.29, 1.82) is 0 Å². The molecular weight excluding hydrogens is 420 g/mol. The first kappa shape index (κ1) is 24.9. The number of methoxy groups -OCH3 is 1. The zero-order valence-corrected chi connectivity index (χ0v) is 19.8. The Morgan fingerprint density at radius 3 is 2.39 bits per heavy atom. The van der Waals surface area contributed by atoms with Gasteiger partial charge in [0.2, 0.25) is 0 Å². The third-order valence-corrected chi connectivity index (χ3v) is 5.26. The van der Waals surface area contributed by atoms with Gasteiger partial charge >= 0.3 is 11.9 Å². The lowest BCUT2D eigenvalue weighted by molar-refractivity contribution is -0.870. The lowest BCUT2D eigenvalue weighted by Crippen LogP contribution is -2.38. The fourth-order valence-corrected chi connectivity index (χ4v) is 3.62. The normalized spacial score (nSPS) is 16.8.